The quantitative estimate of drug-likeness (QED) is 0.658. The molecule has 1 rings (SSSR count). The summed E-state index contributed by atoms with van der Waals surface area (Å²) in [5.41, 5.74) is 0.304. The van der Waals surface area contributed by atoms with Crippen molar-refractivity contribution in [2.24, 2.45) is 0 Å². The number of ether oxygens (including phenoxy) is 1. The van der Waals surface area contributed by atoms with Crippen molar-refractivity contribution < 1.29 is 14.6 Å². The van der Waals surface area contributed by atoms with Gasteiger partial charge in [0.15, 0.2) is 0 Å². The number of nitrogens with zero attached hydrogens (tertiary/aromatic N) is 1. The highest BCUT2D eigenvalue weighted by molar-refractivity contribution is 7.99. The van der Waals surface area contributed by atoms with Crippen LogP contribution in [0.4, 0.5) is 0 Å². The first-order chi connectivity index (χ1) is 7.90. The van der Waals surface area contributed by atoms with E-state index in [1.54, 1.807) is 18.3 Å². The summed E-state index contributed by atoms with van der Waals surface area (Å²) in [6.07, 6.45) is 1.59. The lowest BCUT2D eigenvalue weighted by Crippen LogP contribution is -2.24. The van der Waals surface area contributed by atoms with Crippen molar-refractivity contribution in [3.63, 3.8) is 0 Å². The van der Waals surface area contributed by atoms with Crippen molar-refractivity contribution in [2.75, 3.05) is 5.75 Å². The van der Waals surface area contributed by atoms with Crippen LogP contribution in [-0.2, 0) is 16.1 Å². The number of thioether (sulfide) groups is 1. The highest BCUT2D eigenvalue weighted by Crippen LogP contribution is 2.17. The molecule has 4 nitrogen and oxygen atoms in total. The molecule has 0 bridgehead atoms. The van der Waals surface area contributed by atoms with Gasteiger partial charge in [-0.05, 0) is 32.4 Å². The molecule has 1 aromatic rings. The van der Waals surface area contributed by atoms with E-state index in [9.17, 15) is 4.79 Å². The zero-order valence-electron chi connectivity index (χ0n) is 10.3. The Balaban J connectivity index is 2.42. The number of carbonyl (C=O) groups excluding carboxylic acids is 1. The second-order valence-electron chi connectivity index (χ2n) is 4.54. The minimum Gasteiger partial charge on any atom is -0.459 e. The van der Waals surface area contributed by atoms with Crippen LogP contribution in [-0.4, -0.2) is 27.4 Å². The normalized spacial score (nSPS) is 11.3. The number of aromatic nitrogens is 1. The Hall–Kier alpha value is -1.07. The zero-order valence-corrected chi connectivity index (χ0v) is 11.1. The predicted molar refractivity (Wildman–Crippen MR) is 66.7 cm³/mol. The van der Waals surface area contributed by atoms with Crippen molar-refractivity contribution in [1.82, 2.24) is 4.98 Å². The van der Waals surface area contributed by atoms with E-state index in [1.165, 1.54) is 11.8 Å². The van der Waals surface area contributed by atoms with E-state index in [0.29, 0.717) is 0 Å². The first-order valence-electron chi connectivity index (χ1n) is 5.31. The minimum absolute atomic E-state index is 0.0238. The van der Waals surface area contributed by atoms with Gasteiger partial charge in [-0.3, -0.25) is 4.79 Å². The second-order valence-corrected chi connectivity index (χ2v) is 5.53. The Morgan fingerprint density at radius 1 is 1.47 bits per heavy atom. The Morgan fingerprint density at radius 3 is 2.65 bits per heavy atom. The molecule has 0 unspecified atom stereocenters. The van der Waals surface area contributed by atoms with Gasteiger partial charge in [0.25, 0.3) is 0 Å². The maximum absolute atomic E-state index is 11.4. The zero-order chi connectivity index (χ0) is 12.9. The molecule has 94 valence electrons. The van der Waals surface area contributed by atoms with Gasteiger partial charge in [-0.15, -0.1) is 0 Å². The molecule has 0 radical (unpaired) electrons. The summed E-state index contributed by atoms with van der Waals surface area (Å²) in [5.74, 6) is -0.0153. The molecular weight excluding hydrogens is 238 g/mol. The number of pyridine rings is 1. The van der Waals surface area contributed by atoms with Gasteiger partial charge in [0.05, 0.1) is 17.4 Å². The van der Waals surface area contributed by atoms with E-state index in [4.69, 9.17) is 9.84 Å². The first-order valence-corrected chi connectivity index (χ1v) is 6.30. The molecule has 0 spiro atoms. The summed E-state index contributed by atoms with van der Waals surface area (Å²) in [5, 5.41) is 9.60. The number of esters is 1. The molecular formula is C12H17NO3S. The van der Waals surface area contributed by atoms with Gasteiger partial charge >= 0.3 is 5.97 Å². The van der Waals surface area contributed by atoms with Gasteiger partial charge in [0.1, 0.15) is 5.60 Å². The number of aliphatic hydroxyl groups excluding tert-OH is 1. The molecule has 1 heterocycles. The Morgan fingerprint density at radius 2 is 2.18 bits per heavy atom. The third-order valence-electron chi connectivity index (χ3n) is 1.74. The summed E-state index contributed by atoms with van der Waals surface area (Å²) >= 11 is 1.32. The van der Waals surface area contributed by atoms with Crippen LogP contribution in [0.1, 0.15) is 26.3 Å². The molecule has 17 heavy (non-hydrogen) atoms. The molecule has 0 aromatic carbocycles. The topological polar surface area (TPSA) is 59.4 Å². The molecule has 1 N–H and O–H groups in total. The summed E-state index contributed by atoms with van der Waals surface area (Å²) in [7, 11) is 0. The van der Waals surface area contributed by atoms with Crippen LogP contribution in [0.2, 0.25) is 0 Å². The molecule has 0 atom stereocenters. The largest absolute Gasteiger partial charge is 0.459 e. The van der Waals surface area contributed by atoms with Crippen molar-refractivity contribution in [3.05, 3.63) is 23.9 Å². The van der Waals surface area contributed by atoms with E-state index < -0.39 is 5.60 Å². The number of aliphatic hydroxyl groups is 1. The summed E-state index contributed by atoms with van der Waals surface area (Å²) < 4.78 is 5.18. The number of carbonyl (C=O) groups is 1. The van der Waals surface area contributed by atoms with Crippen molar-refractivity contribution in [2.45, 2.75) is 38.0 Å². The average molecular weight is 255 g/mol. The number of rotatable bonds is 4. The fourth-order valence-electron chi connectivity index (χ4n) is 1.09. The third kappa shape index (κ3) is 5.70. The molecule has 0 amide bonds. The molecule has 0 saturated heterocycles. The lowest BCUT2D eigenvalue weighted by Gasteiger charge is -2.19. The van der Waals surface area contributed by atoms with Crippen molar-refractivity contribution >= 4 is 17.7 Å². The highest BCUT2D eigenvalue weighted by atomic mass is 32.2. The van der Waals surface area contributed by atoms with Gasteiger partial charge < -0.3 is 9.84 Å². The van der Waals surface area contributed by atoms with E-state index >= 15 is 0 Å². The van der Waals surface area contributed by atoms with Crippen LogP contribution in [0.3, 0.4) is 0 Å². The van der Waals surface area contributed by atoms with E-state index in [-0.39, 0.29) is 18.3 Å². The molecule has 5 heteroatoms. The van der Waals surface area contributed by atoms with Gasteiger partial charge in [-0.1, -0.05) is 17.8 Å². The predicted octanol–water partition coefficient (Wildman–Crippen LogP) is 2.01. The maximum atomic E-state index is 11.4. The first kappa shape index (κ1) is 14.0. The molecule has 0 fully saturated rings. The molecule has 0 aliphatic heterocycles. The summed E-state index contributed by atoms with van der Waals surface area (Å²) in [4.78, 5) is 15.6. The summed E-state index contributed by atoms with van der Waals surface area (Å²) in [6, 6.07) is 3.56. The van der Waals surface area contributed by atoms with Gasteiger partial charge in [-0.2, -0.15) is 0 Å². The molecule has 0 saturated carbocycles. The number of hydrogen-bond acceptors (Lipinski definition) is 5. The monoisotopic (exact) mass is 255 g/mol. The van der Waals surface area contributed by atoms with Crippen LogP contribution in [0.25, 0.3) is 0 Å². The van der Waals surface area contributed by atoms with Crippen LogP contribution in [0.15, 0.2) is 23.4 Å². The molecule has 0 aliphatic carbocycles. The van der Waals surface area contributed by atoms with Gasteiger partial charge in [-0.25, -0.2) is 4.98 Å². The lowest BCUT2D eigenvalue weighted by molar-refractivity contribution is -0.151. The standard InChI is InChI=1S/C12H17NO3S/c1-12(2,3)16-11(15)8-17-10-5-4-9(7-14)6-13-10/h4-6,14H,7-8H2,1-3H3. The third-order valence-corrected chi connectivity index (χ3v) is 2.66. The second kappa shape index (κ2) is 6.02. The van der Waals surface area contributed by atoms with Gasteiger partial charge in [0.2, 0.25) is 0 Å². The number of hydrogen-bond donors (Lipinski definition) is 1. The van der Waals surface area contributed by atoms with E-state index in [1.807, 2.05) is 20.8 Å². The smallest absolute Gasteiger partial charge is 0.316 e. The Bertz CT molecular complexity index is 370. The minimum atomic E-state index is -0.453. The van der Waals surface area contributed by atoms with E-state index in [2.05, 4.69) is 4.98 Å². The fourth-order valence-corrected chi connectivity index (χ4v) is 1.71. The van der Waals surface area contributed by atoms with Crippen LogP contribution < -0.4 is 0 Å². The lowest BCUT2D eigenvalue weighted by atomic mass is 10.2. The summed E-state index contributed by atoms with van der Waals surface area (Å²) in [6.45, 7) is 5.49. The Labute approximate surface area is 105 Å². The van der Waals surface area contributed by atoms with Crippen molar-refractivity contribution in [1.29, 1.82) is 0 Å². The SMILES string of the molecule is CC(C)(C)OC(=O)CSc1ccc(CO)cn1. The molecule has 0 aliphatic rings. The highest BCUT2D eigenvalue weighted by Gasteiger charge is 2.16. The Kier molecular flexibility index (Phi) is 4.96. The van der Waals surface area contributed by atoms with Crippen LogP contribution in [0, 0.1) is 0 Å². The van der Waals surface area contributed by atoms with Crippen LogP contribution in [0.5, 0.6) is 0 Å². The maximum Gasteiger partial charge on any atom is 0.316 e. The molecule has 1 aromatic heterocycles. The van der Waals surface area contributed by atoms with E-state index in [0.717, 1.165) is 10.6 Å². The van der Waals surface area contributed by atoms with Crippen LogP contribution >= 0.6 is 11.8 Å². The van der Waals surface area contributed by atoms with Crippen molar-refractivity contribution in [3.8, 4) is 0 Å². The van der Waals surface area contributed by atoms with Gasteiger partial charge in [0, 0.05) is 6.20 Å². The fraction of sp³-hybridized carbons (Fsp3) is 0.500. The average Bonchev–Trinajstić information content (AvgIpc) is 2.25.